The minimum Gasteiger partial charge on any atom is -0.322 e. The molecule has 1 aromatic heterocycles. The van der Waals surface area contributed by atoms with Crippen LogP contribution in [0.2, 0.25) is 5.02 Å². The number of benzene rings is 3. The summed E-state index contributed by atoms with van der Waals surface area (Å²) in [6.07, 6.45) is 0. The Morgan fingerprint density at radius 3 is 2.39 bits per heavy atom. The third kappa shape index (κ3) is 5.22. The van der Waals surface area contributed by atoms with Gasteiger partial charge in [0.1, 0.15) is 10.7 Å². The molecular formula is C25H21ClFN3O2S. The van der Waals surface area contributed by atoms with Gasteiger partial charge in [-0.15, -0.1) is 11.3 Å². The summed E-state index contributed by atoms with van der Waals surface area (Å²) in [4.78, 5) is 28.5. The average Bonchev–Trinajstić information content (AvgIpc) is 3.13. The van der Waals surface area contributed by atoms with Crippen molar-refractivity contribution >= 4 is 56.2 Å². The molecule has 0 unspecified atom stereocenters. The van der Waals surface area contributed by atoms with Crippen LogP contribution in [-0.4, -0.2) is 30.8 Å². The molecule has 0 fully saturated rings. The summed E-state index contributed by atoms with van der Waals surface area (Å²) in [5.74, 6) is -1.20. The SMILES string of the molecule is CN(C)Cc1ccc(NC(=O)c2sc3ccccc3c2Cl)c(C(=O)Nc2ccc(F)cc2)c1. The lowest BCUT2D eigenvalue weighted by atomic mass is 10.1. The summed E-state index contributed by atoms with van der Waals surface area (Å²) in [6.45, 7) is 0.618. The summed E-state index contributed by atoms with van der Waals surface area (Å²) in [5, 5.41) is 6.79. The van der Waals surface area contributed by atoms with Crippen LogP contribution in [0, 0.1) is 5.82 Å². The Morgan fingerprint density at radius 1 is 0.970 bits per heavy atom. The van der Waals surface area contributed by atoms with Crippen LogP contribution in [0.3, 0.4) is 0 Å². The number of anilines is 2. The number of hydrogen-bond donors (Lipinski definition) is 2. The topological polar surface area (TPSA) is 61.4 Å². The zero-order chi connectivity index (χ0) is 23.5. The van der Waals surface area contributed by atoms with Gasteiger partial charge in [0.05, 0.1) is 16.3 Å². The largest absolute Gasteiger partial charge is 0.322 e. The van der Waals surface area contributed by atoms with E-state index in [0.29, 0.717) is 33.4 Å². The van der Waals surface area contributed by atoms with Gasteiger partial charge in [-0.25, -0.2) is 4.39 Å². The maximum atomic E-state index is 13.2. The van der Waals surface area contributed by atoms with E-state index in [1.54, 1.807) is 12.1 Å². The number of thiophene rings is 1. The van der Waals surface area contributed by atoms with Gasteiger partial charge in [-0.05, 0) is 62.1 Å². The van der Waals surface area contributed by atoms with Crippen molar-refractivity contribution in [1.29, 1.82) is 0 Å². The molecule has 2 amide bonds. The van der Waals surface area contributed by atoms with Crippen LogP contribution in [0.1, 0.15) is 25.6 Å². The molecule has 1 heterocycles. The Balaban J connectivity index is 1.65. The third-order valence-electron chi connectivity index (χ3n) is 4.92. The van der Waals surface area contributed by atoms with Crippen molar-refractivity contribution in [2.24, 2.45) is 0 Å². The maximum absolute atomic E-state index is 13.2. The quantitative estimate of drug-likeness (QED) is 0.341. The van der Waals surface area contributed by atoms with Crippen molar-refractivity contribution in [3.8, 4) is 0 Å². The highest BCUT2D eigenvalue weighted by molar-refractivity contribution is 7.21. The molecule has 2 N–H and O–H groups in total. The highest BCUT2D eigenvalue weighted by Gasteiger charge is 2.20. The van der Waals surface area contributed by atoms with E-state index >= 15 is 0 Å². The molecule has 0 radical (unpaired) electrons. The van der Waals surface area contributed by atoms with Gasteiger partial charge in [0.2, 0.25) is 0 Å². The molecule has 0 saturated heterocycles. The number of amides is 2. The number of carbonyl (C=O) groups excluding carboxylic acids is 2. The monoisotopic (exact) mass is 481 g/mol. The zero-order valence-electron chi connectivity index (χ0n) is 18.0. The van der Waals surface area contributed by atoms with Crippen LogP contribution < -0.4 is 10.6 Å². The van der Waals surface area contributed by atoms with Gasteiger partial charge in [0.25, 0.3) is 11.8 Å². The summed E-state index contributed by atoms with van der Waals surface area (Å²) in [5.41, 5.74) is 2.01. The summed E-state index contributed by atoms with van der Waals surface area (Å²) < 4.78 is 14.1. The first-order chi connectivity index (χ1) is 15.8. The van der Waals surface area contributed by atoms with Crippen molar-refractivity contribution in [2.45, 2.75) is 6.54 Å². The molecule has 0 aliphatic heterocycles. The first-order valence-corrected chi connectivity index (χ1v) is 11.3. The number of nitrogens with zero attached hydrogens (tertiary/aromatic N) is 1. The van der Waals surface area contributed by atoms with Gasteiger partial charge in [-0.2, -0.15) is 0 Å². The summed E-state index contributed by atoms with van der Waals surface area (Å²) in [7, 11) is 3.86. The van der Waals surface area contributed by atoms with E-state index < -0.39 is 17.6 Å². The molecule has 0 atom stereocenters. The molecule has 0 spiro atoms. The lowest BCUT2D eigenvalue weighted by Gasteiger charge is -2.15. The number of fused-ring (bicyclic) bond motifs is 1. The molecule has 0 bridgehead atoms. The maximum Gasteiger partial charge on any atom is 0.267 e. The van der Waals surface area contributed by atoms with Crippen LogP contribution in [0.5, 0.6) is 0 Å². The van der Waals surface area contributed by atoms with Crippen LogP contribution in [-0.2, 0) is 6.54 Å². The molecule has 4 aromatic rings. The van der Waals surface area contributed by atoms with E-state index in [-0.39, 0.29) is 0 Å². The Morgan fingerprint density at radius 2 is 1.70 bits per heavy atom. The molecule has 5 nitrogen and oxygen atoms in total. The molecule has 168 valence electrons. The summed E-state index contributed by atoms with van der Waals surface area (Å²) >= 11 is 7.75. The van der Waals surface area contributed by atoms with Gasteiger partial charge in [0, 0.05) is 22.3 Å². The highest BCUT2D eigenvalue weighted by Crippen LogP contribution is 2.35. The van der Waals surface area contributed by atoms with E-state index in [0.717, 1.165) is 15.6 Å². The van der Waals surface area contributed by atoms with E-state index in [4.69, 9.17) is 11.6 Å². The fraction of sp³-hybridized carbons (Fsp3) is 0.120. The molecule has 0 saturated carbocycles. The van der Waals surface area contributed by atoms with Crippen molar-refractivity contribution in [1.82, 2.24) is 4.90 Å². The minimum absolute atomic E-state index is 0.296. The summed E-state index contributed by atoms with van der Waals surface area (Å²) in [6, 6.07) is 18.3. The normalized spacial score (nSPS) is 11.1. The fourth-order valence-corrected chi connectivity index (χ4v) is 4.83. The third-order valence-corrected chi connectivity index (χ3v) is 6.59. The van der Waals surface area contributed by atoms with Crippen molar-refractivity contribution in [3.63, 3.8) is 0 Å². The van der Waals surface area contributed by atoms with Gasteiger partial charge in [-0.1, -0.05) is 35.9 Å². The molecule has 0 aliphatic rings. The van der Waals surface area contributed by atoms with Crippen LogP contribution in [0.4, 0.5) is 15.8 Å². The second-order valence-electron chi connectivity index (χ2n) is 7.77. The molecule has 0 aliphatic carbocycles. The first kappa shape index (κ1) is 22.9. The minimum atomic E-state index is -0.417. The van der Waals surface area contributed by atoms with Gasteiger partial charge >= 0.3 is 0 Å². The van der Waals surface area contributed by atoms with Crippen LogP contribution >= 0.6 is 22.9 Å². The van der Waals surface area contributed by atoms with Gasteiger partial charge in [-0.3, -0.25) is 9.59 Å². The fourth-order valence-electron chi connectivity index (χ4n) is 3.42. The van der Waals surface area contributed by atoms with Crippen molar-refractivity contribution in [2.75, 3.05) is 24.7 Å². The smallest absolute Gasteiger partial charge is 0.267 e. The van der Waals surface area contributed by atoms with Crippen molar-refractivity contribution < 1.29 is 14.0 Å². The second-order valence-corrected chi connectivity index (χ2v) is 9.20. The van der Waals surface area contributed by atoms with Gasteiger partial charge in [0.15, 0.2) is 0 Å². The molecule has 3 aromatic carbocycles. The Kier molecular flexibility index (Phi) is 6.74. The average molecular weight is 482 g/mol. The highest BCUT2D eigenvalue weighted by atomic mass is 35.5. The number of rotatable bonds is 6. The standard InChI is InChI=1S/C25H21ClFN3O2S/c1-30(2)14-15-7-12-20(19(13-15)24(31)28-17-10-8-16(27)9-11-17)29-25(32)23-22(26)18-5-3-4-6-21(18)33-23/h3-13H,14H2,1-2H3,(H,28,31)(H,29,32). The molecule has 8 heteroatoms. The number of nitrogens with one attached hydrogen (secondary N) is 2. The molecule has 4 rings (SSSR count). The number of hydrogen-bond acceptors (Lipinski definition) is 4. The van der Waals surface area contributed by atoms with Crippen molar-refractivity contribution in [3.05, 3.63) is 93.6 Å². The lowest BCUT2D eigenvalue weighted by Crippen LogP contribution is -2.19. The first-order valence-electron chi connectivity index (χ1n) is 10.1. The second kappa shape index (κ2) is 9.70. The van der Waals surface area contributed by atoms with E-state index in [2.05, 4.69) is 10.6 Å². The number of carbonyl (C=O) groups is 2. The van der Waals surface area contributed by atoms with Crippen LogP contribution in [0.25, 0.3) is 10.1 Å². The number of halogens is 2. The van der Waals surface area contributed by atoms with Crippen LogP contribution in [0.15, 0.2) is 66.7 Å². The zero-order valence-corrected chi connectivity index (χ0v) is 19.6. The Bertz CT molecular complexity index is 1340. The molecule has 33 heavy (non-hydrogen) atoms. The predicted octanol–water partition coefficient (Wildman–Crippen LogP) is 6.26. The van der Waals surface area contributed by atoms with E-state index in [9.17, 15) is 14.0 Å². The van der Waals surface area contributed by atoms with Gasteiger partial charge < -0.3 is 15.5 Å². The van der Waals surface area contributed by atoms with E-state index in [1.165, 1.54) is 35.6 Å². The predicted molar refractivity (Wildman–Crippen MR) is 133 cm³/mol. The van der Waals surface area contributed by atoms with E-state index in [1.807, 2.05) is 49.3 Å². The Labute approximate surface area is 199 Å². The lowest BCUT2D eigenvalue weighted by molar-refractivity contribution is 0.102. The Hall–Kier alpha value is -3.26. The molecular weight excluding hydrogens is 461 g/mol.